The molecule has 0 aromatic heterocycles. The van der Waals surface area contributed by atoms with Gasteiger partial charge >= 0.3 is 5.97 Å². The monoisotopic (exact) mass is 307 g/mol. The maximum Gasteiger partial charge on any atom is 0.363 e. The van der Waals surface area contributed by atoms with Gasteiger partial charge in [-0.3, -0.25) is 4.79 Å². The van der Waals surface area contributed by atoms with Crippen LogP contribution in [0, 0.1) is 0 Å². The van der Waals surface area contributed by atoms with E-state index in [1.54, 1.807) is 38.1 Å². The third-order valence-corrected chi connectivity index (χ3v) is 3.85. The molecular formula is C19H17NO3. The molecule has 2 aromatic rings. The highest BCUT2D eigenvalue weighted by Crippen LogP contribution is 2.35. The molecule has 0 unspecified atom stereocenters. The third kappa shape index (κ3) is 2.75. The molecule has 0 N–H and O–H groups in total. The SMILES string of the molecule is CC1(C)C(=O)C=C(c2ccccc2)N1OC(=O)c1ccccc1. The van der Waals surface area contributed by atoms with E-state index in [0.29, 0.717) is 11.3 Å². The summed E-state index contributed by atoms with van der Waals surface area (Å²) in [5.74, 6) is -0.590. The number of hydrogen-bond acceptors (Lipinski definition) is 4. The fraction of sp³-hybridized carbons (Fsp3) is 0.158. The van der Waals surface area contributed by atoms with E-state index in [2.05, 4.69) is 0 Å². The van der Waals surface area contributed by atoms with E-state index in [9.17, 15) is 9.59 Å². The van der Waals surface area contributed by atoms with Crippen LogP contribution in [-0.4, -0.2) is 22.4 Å². The molecule has 1 heterocycles. The summed E-state index contributed by atoms with van der Waals surface area (Å²) in [6, 6.07) is 18.1. The molecule has 0 bridgehead atoms. The largest absolute Gasteiger partial charge is 0.363 e. The first-order chi connectivity index (χ1) is 11.0. The molecule has 0 atom stereocenters. The van der Waals surface area contributed by atoms with Crippen LogP contribution < -0.4 is 0 Å². The highest BCUT2D eigenvalue weighted by Gasteiger charge is 2.44. The van der Waals surface area contributed by atoms with Gasteiger partial charge in [-0.25, -0.2) is 4.79 Å². The Balaban J connectivity index is 1.93. The smallest absolute Gasteiger partial charge is 0.334 e. The van der Waals surface area contributed by atoms with Gasteiger partial charge in [0.05, 0.1) is 11.3 Å². The van der Waals surface area contributed by atoms with Crippen molar-refractivity contribution in [1.82, 2.24) is 5.06 Å². The van der Waals surface area contributed by atoms with Crippen molar-refractivity contribution in [2.45, 2.75) is 19.4 Å². The summed E-state index contributed by atoms with van der Waals surface area (Å²) in [6.07, 6.45) is 1.52. The van der Waals surface area contributed by atoms with Gasteiger partial charge in [0.2, 0.25) is 0 Å². The van der Waals surface area contributed by atoms with Crippen LogP contribution in [0.3, 0.4) is 0 Å². The van der Waals surface area contributed by atoms with Crippen LogP contribution in [0.15, 0.2) is 66.7 Å². The first kappa shape index (κ1) is 15.0. The van der Waals surface area contributed by atoms with E-state index >= 15 is 0 Å². The number of hydroxylamine groups is 2. The van der Waals surface area contributed by atoms with Gasteiger partial charge in [-0.2, -0.15) is 5.06 Å². The lowest BCUT2D eigenvalue weighted by atomic mass is 10.0. The summed E-state index contributed by atoms with van der Waals surface area (Å²) in [6.45, 7) is 3.47. The second-order valence-electron chi connectivity index (χ2n) is 5.86. The van der Waals surface area contributed by atoms with E-state index < -0.39 is 11.5 Å². The van der Waals surface area contributed by atoms with Crippen molar-refractivity contribution < 1.29 is 14.4 Å². The van der Waals surface area contributed by atoms with Crippen molar-refractivity contribution in [1.29, 1.82) is 0 Å². The molecule has 0 radical (unpaired) electrons. The fourth-order valence-corrected chi connectivity index (χ4v) is 2.44. The van der Waals surface area contributed by atoms with Gasteiger partial charge in [0, 0.05) is 11.6 Å². The molecule has 2 aromatic carbocycles. The van der Waals surface area contributed by atoms with Gasteiger partial charge in [-0.15, -0.1) is 0 Å². The molecular weight excluding hydrogens is 290 g/mol. The molecule has 1 aliphatic rings. The average molecular weight is 307 g/mol. The molecule has 0 aliphatic carbocycles. The molecule has 4 heteroatoms. The van der Waals surface area contributed by atoms with E-state index in [0.717, 1.165) is 5.56 Å². The molecule has 4 nitrogen and oxygen atoms in total. The highest BCUT2D eigenvalue weighted by molar-refractivity contribution is 6.07. The minimum atomic E-state index is -0.935. The van der Waals surface area contributed by atoms with Crippen molar-refractivity contribution in [3.8, 4) is 0 Å². The topological polar surface area (TPSA) is 46.6 Å². The van der Waals surface area contributed by atoms with Crippen LogP contribution >= 0.6 is 0 Å². The Kier molecular flexibility index (Phi) is 3.74. The van der Waals surface area contributed by atoms with Crippen LogP contribution in [0.1, 0.15) is 29.8 Å². The van der Waals surface area contributed by atoms with E-state index in [1.165, 1.54) is 11.1 Å². The van der Waals surface area contributed by atoms with E-state index in [-0.39, 0.29) is 5.78 Å². The molecule has 0 amide bonds. The summed E-state index contributed by atoms with van der Waals surface area (Å²) in [5.41, 5.74) is 0.919. The first-order valence-electron chi connectivity index (χ1n) is 7.39. The first-order valence-corrected chi connectivity index (χ1v) is 7.39. The number of carbonyl (C=O) groups excluding carboxylic acids is 2. The second-order valence-corrected chi connectivity index (χ2v) is 5.86. The van der Waals surface area contributed by atoms with Crippen LogP contribution in [0.4, 0.5) is 0 Å². The van der Waals surface area contributed by atoms with Crippen molar-refractivity contribution in [3.05, 3.63) is 77.9 Å². The zero-order valence-electron chi connectivity index (χ0n) is 13.0. The lowest BCUT2D eigenvalue weighted by Gasteiger charge is -2.32. The molecule has 3 rings (SSSR count). The number of ketones is 1. The van der Waals surface area contributed by atoms with E-state index in [1.807, 2.05) is 36.4 Å². The molecule has 0 saturated carbocycles. The lowest BCUT2D eigenvalue weighted by molar-refractivity contribution is -0.143. The van der Waals surface area contributed by atoms with Gasteiger partial charge in [0.15, 0.2) is 5.78 Å². The van der Waals surface area contributed by atoms with Gasteiger partial charge < -0.3 is 4.84 Å². The molecule has 0 saturated heterocycles. The zero-order chi connectivity index (χ0) is 16.4. The Morgan fingerprint density at radius 2 is 1.52 bits per heavy atom. The van der Waals surface area contributed by atoms with Gasteiger partial charge in [-0.05, 0) is 26.0 Å². The standard InChI is InChI=1S/C19H17NO3/c1-19(2)17(21)13-16(14-9-5-3-6-10-14)20(19)23-18(22)15-11-7-4-8-12-15/h3-13H,1-2H3. The zero-order valence-corrected chi connectivity index (χ0v) is 13.0. The summed E-state index contributed by atoms with van der Waals surface area (Å²) >= 11 is 0. The highest BCUT2D eigenvalue weighted by atomic mass is 16.7. The third-order valence-electron chi connectivity index (χ3n) is 3.85. The fourth-order valence-electron chi connectivity index (χ4n) is 2.44. The van der Waals surface area contributed by atoms with Crippen LogP contribution in [0.25, 0.3) is 5.70 Å². The van der Waals surface area contributed by atoms with Crippen LogP contribution in [-0.2, 0) is 9.63 Å². The quantitative estimate of drug-likeness (QED) is 0.871. The number of rotatable bonds is 3. The Bertz CT molecular complexity index is 764. The van der Waals surface area contributed by atoms with Crippen molar-refractivity contribution >= 4 is 17.4 Å². The predicted molar refractivity (Wildman–Crippen MR) is 87.2 cm³/mol. The van der Waals surface area contributed by atoms with Crippen LogP contribution in [0.5, 0.6) is 0 Å². The molecule has 0 spiro atoms. The Morgan fingerprint density at radius 3 is 2.13 bits per heavy atom. The second kappa shape index (κ2) is 5.72. The number of hydrogen-bond donors (Lipinski definition) is 0. The Labute approximate surface area is 134 Å². The van der Waals surface area contributed by atoms with Gasteiger partial charge in [0.25, 0.3) is 0 Å². The molecule has 116 valence electrons. The lowest BCUT2D eigenvalue weighted by Crippen LogP contribution is -2.44. The minimum Gasteiger partial charge on any atom is -0.334 e. The van der Waals surface area contributed by atoms with Crippen LogP contribution in [0.2, 0.25) is 0 Å². The minimum absolute atomic E-state index is 0.0998. The van der Waals surface area contributed by atoms with Gasteiger partial charge in [-0.1, -0.05) is 48.5 Å². The number of nitrogens with zero attached hydrogens (tertiary/aromatic N) is 1. The Morgan fingerprint density at radius 1 is 0.957 bits per heavy atom. The number of benzene rings is 2. The summed E-state index contributed by atoms with van der Waals surface area (Å²) in [4.78, 5) is 30.2. The number of carbonyl (C=O) groups is 2. The molecule has 23 heavy (non-hydrogen) atoms. The normalized spacial score (nSPS) is 16.2. The predicted octanol–water partition coefficient (Wildman–Crippen LogP) is 3.46. The van der Waals surface area contributed by atoms with E-state index in [4.69, 9.17) is 4.84 Å². The summed E-state index contributed by atoms with van der Waals surface area (Å²) in [5, 5.41) is 1.40. The molecule has 1 aliphatic heterocycles. The Hall–Kier alpha value is -2.88. The summed E-state index contributed by atoms with van der Waals surface area (Å²) < 4.78 is 0. The molecule has 0 fully saturated rings. The van der Waals surface area contributed by atoms with Crippen molar-refractivity contribution in [3.63, 3.8) is 0 Å². The average Bonchev–Trinajstić information content (AvgIpc) is 2.80. The maximum atomic E-state index is 12.4. The van der Waals surface area contributed by atoms with Gasteiger partial charge in [0.1, 0.15) is 5.54 Å². The van der Waals surface area contributed by atoms with Crippen molar-refractivity contribution in [2.24, 2.45) is 0 Å². The summed E-state index contributed by atoms with van der Waals surface area (Å²) in [7, 11) is 0. The maximum absolute atomic E-state index is 12.4. The van der Waals surface area contributed by atoms with Crippen molar-refractivity contribution in [2.75, 3.05) is 0 Å².